The maximum Gasteiger partial charge on any atom is 0.288 e. The highest BCUT2D eigenvalue weighted by atomic mass is 16.5. The normalized spacial score (nSPS) is 10.2. The van der Waals surface area contributed by atoms with Gasteiger partial charge in [0.15, 0.2) is 6.61 Å². The van der Waals surface area contributed by atoms with Crippen LogP contribution < -0.4 is 15.6 Å². The summed E-state index contributed by atoms with van der Waals surface area (Å²) in [6.07, 6.45) is 1.48. The number of amides is 2. The van der Waals surface area contributed by atoms with E-state index in [4.69, 9.17) is 4.74 Å². The number of para-hydroxylation sites is 1. The molecule has 1 aromatic carbocycles. The largest absolute Gasteiger partial charge is 0.485 e. The van der Waals surface area contributed by atoms with Crippen LogP contribution in [0.3, 0.4) is 0 Å². The molecule has 3 rings (SSSR count). The first-order valence-electron chi connectivity index (χ1n) is 7.65. The molecule has 26 heavy (non-hydrogen) atoms. The van der Waals surface area contributed by atoms with Crippen LogP contribution in [0.2, 0.25) is 0 Å². The third kappa shape index (κ3) is 4.84. The van der Waals surface area contributed by atoms with Crippen molar-refractivity contribution in [1.29, 1.82) is 0 Å². The lowest BCUT2D eigenvalue weighted by molar-refractivity contribution is -0.122. The fourth-order valence-electron chi connectivity index (χ4n) is 1.92. The van der Waals surface area contributed by atoms with Crippen LogP contribution in [-0.2, 0) is 17.9 Å². The standard InChI is InChI=1S/C16H15N7O3/c24-15(19-20-16(25)13-8-4-5-9-17-13)10-23-21-14(18-22-23)11-26-12-6-2-1-3-7-12/h1-9H,10-11H2,(H,19,24)(H,20,25). The number of tetrazole rings is 1. The molecular weight excluding hydrogens is 338 g/mol. The molecule has 0 unspecified atom stereocenters. The fraction of sp³-hybridized carbons (Fsp3) is 0.125. The number of nitrogens with zero attached hydrogens (tertiary/aromatic N) is 5. The predicted octanol–water partition coefficient (Wildman–Crippen LogP) is 0.108. The first kappa shape index (κ1) is 17.0. The van der Waals surface area contributed by atoms with Crippen LogP contribution in [0.25, 0.3) is 0 Å². The molecule has 2 heterocycles. The van der Waals surface area contributed by atoms with Gasteiger partial charge < -0.3 is 4.74 Å². The van der Waals surface area contributed by atoms with Gasteiger partial charge in [0.1, 0.15) is 18.0 Å². The molecule has 0 aliphatic heterocycles. The van der Waals surface area contributed by atoms with Crippen LogP contribution in [0.5, 0.6) is 5.75 Å². The number of hydrazine groups is 1. The number of pyridine rings is 1. The molecular formula is C16H15N7O3. The first-order chi connectivity index (χ1) is 12.7. The zero-order valence-corrected chi connectivity index (χ0v) is 13.6. The molecule has 10 nitrogen and oxygen atoms in total. The molecule has 0 radical (unpaired) electrons. The third-order valence-electron chi connectivity index (χ3n) is 3.10. The number of hydrogen-bond acceptors (Lipinski definition) is 7. The molecule has 0 fully saturated rings. The summed E-state index contributed by atoms with van der Waals surface area (Å²) >= 11 is 0. The molecule has 0 aliphatic carbocycles. The number of nitrogens with one attached hydrogen (secondary N) is 2. The molecule has 0 spiro atoms. The van der Waals surface area contributed by atoms with Crippen molar-refractivity contribution in [3.05, 3.63) is 66.2 Å². The Morgan fingerprint density at radius 3 is 2.62 bits per heavy atom. The number of rotatable bonds is 6. The van der Waals surface area contributed by atoms with Crippen molar-refractivity contribution in [2.75, 3.05) is 0 Å². The Kier molecular flexibility index (Phi) is 5.45. The monoisotopic (exact) mass is 353 g/mol. The minimum Gasteiger partial charge on any atom is -0.485 e. The highest BCUT2D eigenvalue weighted by molar-refractivity contribution is 5.93. The van der Waals surface area contributed by atoms with Gasteiger partial charge in [0.25, 0.3) is 11.8 Å². The van der Waals surface area contributed by atoms with Crippen molar-refractivity contribution in [3.8, 4) is 5.75 Å². The Morgan fingerprint density at radius 1 is 1.04 bits per heavy atom. The summed E-state index contributed by atoms with van der Waals surface area (Å²) < 4.78 is 5.50. The highest BCUT2D eigenvalue weighted by Crippen LogP contribution is 2.09. The lowest BCUT2D eigenvalue weighted by atomic mass is 10.3. The van der Waals surface area contributed by atoms with Crippen molar-refractivity contribution in [3.63, 3.8) is 0 Å². The predicted molar refractivity (Wildman–Crippen MR) is 88.4 cm³/mol. The summed E-state index contributed by atoms with van der Waals surface area (Å²) in [7, 11) is 0. The van der Waals surface area contributed by atoms with Crippen LogP contribution in [0.15, 0.2) is 54.7 Å². The zero-order valence-electron chi connectivity index (χ0n) is 13.6. The van der Waals surface area contributed by atoms with Gasteiger partial charge in [-0.1, -0.05) is 24.3 Å². The van der Waals surface area contributed by atoms with Crippen LogP contribution in [0.4, 0.5) is 0 Å². The van der Waals surface area contributed by atoms with E-state index in [0.29, 0.717) is 11.6 Å². The maximum atomic E-state index is 11.8. The van der Waals surface area contributed by atoms with Gasteiger partial charge in [0.2, 0.25) is 5.82 Å². The van der Waals surface area contributed by atoms with Crippen molar-refractivity contribution < 1.29 is 14.3 Å². The second kappa shape index (κ2) is 8.33. The van der Waals surface area contributed by atoms with Crippen LogP contribution in [-0.4, -0.2) is 37.0 Å². The van der Waals surface area contributed by atoms with Gasteiger partial charge >= 0.3 is 0 Å². The van der Waals surface area contributed by atoms with Crippen molar-refractivity contribution in [2.45, 2.75) is 13.2 Å². The van der Waals surface area contributed by atoms with Gasteiger partial charge in [0.05, 0.1) is 0 Å². The lowest BCUT2D eigenvalue weighted by Gasteiger charge is -2.06. The summed E-state index contributed by atoms with van der Waals surface area (Å²) in [5.41, 5.74) is 4.70. The SMILES string of the molecule is O=C(Cn1nnc(COc2ccccc2)n1)NNC(=O)c1ccccn1. The molecule has 0 atom stereocenters. The summed E-state index contributed by atoms with van der Waals surface area (Å²) in [4.78, 5) is 28.6. The molecule has 10 heteroatoms. The van der Waals surface area contributed by atoms with Gasteiger partial charge in [0, 0.05) is 6.20 Å². The van der Waals surface area contributed by atoms with Crippen LogP contribution in [0.1, 0.15) is 16.3 Å². The number of hydrogen-bond donors (Lipinski definition) is 2. The van der Waals surface area contributed by atoms with E-state index in [2.05, 4.69) is 31.2 Å². The van der Waals surface area contributed by atoms with E-state index in [1.54, 1.807) is 12.1 Å². The Hall–Kier alpha value is -3.82. The topological polar surface area (TPSA) is 124 Å². The van der Waals surface area contributed by atoms with E-state index >= 15 is 0 Å². The quantitative estimate of drug-likeness (QED) is 0.603. The smallest absolute Gasteiger partial charge is 0.288 e. The fourth-order valence-corrected chi connectivity index (χ4v) is 1.92. The number of aromatic nitrogens is 5. The van der Waals surface area contributed by atoms with Gasteiger partial charge in [-0.15, -0.1) is 10.2 Å². The Bertz CT molecular complexity index is 868. The number of carbonyl (C=O) groups excluding carboxylic acids is 2. The third-order valence-corrected chi connectivity index (χ3v) is 3.10. The van der Waals surface area contributed by atoms with Crippen molar-refractivity contribution >= 4 is 11.8 Å². The van der Waals surface area contributed by atoms with Gasteiger partial charge in [-0.05, 0) is 29.5 Å². The second-order valence-electron chi connectivity index (χ2n) is 5.06. The summed E-state index contributed by atoms with van der Waals surface area (Å²) in [5, 5.41) is 11.6. The van der Waals surface area contributed by atoms with Crippen LogP contribution >= 0.6 is 0 Å². The Labute approximate surface area is 148 Å². The van der Waals surface area contributed by atoms with E-state index in [9.17, 15) is 9.59 Å². The van der Waals surface area contributed by atoms with E-state index < -0.39 is 11.8 Å². The summed E-state index contributed by atoms with van der Waals surface area (Å²) in [6, 6.07) is 14.1. The number of benzene rings is 1. The molecule has 2 amide bonds. The average Bonchev–Trinajstić information content (AvgIpc) is 3.13. The van der Waals surface area contributed by atoms with Gasteiger partial charge in [-0.3, -0.25) is 25.4 Å². The molecule has 0 aliphatic rings. The van der Waals surface area contributed by atoms with Crippen LogP contribution in [0, 0.1) is 0 Å². The zero-order chi connectivity index (χ0) is 18.2. The number of carbonyl (C=O) groups is 2. The van der Waals surface area contributed by atoms with Crippen molar-refractivity contribution in [2.24, 2.45) is 0 Å². The lowest BCUT2D eigenvalue weighted by Crippen LogP contribution is -2.43. The van der Waals surface area contributed by atoms with E-state index in [1.165, 1.54) is 12.3 Å². The van der Waals surface area contributed by atoms with E-state index in [1.807, 2.05) is 30.3 Å². The maximum absolute atomic E-state index is 11.8. The van der Waals surface area contributed by atoms with Gasteiger partial charge in [-0.2, -0.15) is 4.80 Å². The molecule has 0 bridgehead atoms. The second-order valence-corrected chi connectivity index (χ2v) is 5.06. The number of ether oxygens (including phenoxy) is 1. The summed E-state index contributed by atoms with van der Waals surface area (Å²) in [5.74, 6) is -0.0253. The summed E-state index contributed by atoms with van der Waals surface area (Å²) in [6.45, 7) is -0.0805. The minimum atomic E-state index is -0.526. The molecule has 2 N–H and O–H groups in total. The first-order valence-corrected chi connectivity index (χ1v) is 7.65. The molecule has 0 saturated heterocycles. The Balaban J connectivity index is 1.44. The minimum absolute atomic E-state index is 0.127. The molecule has 0 saturated carbocycles. The van der Waals surface area contributed by atoms with E-state index in [-0.39, 0.29) is 18.8 Å². The average molecular weight is 353 g/mol. The molecule has 2 aromatic heterocycles. The highest BCUT2D eigenvalue weighted by Gasteiger charge is 2.11. The molecule has 3 aromatic rings. The molecule has 132 valence electrons. The Morgan fingerprint density at radius 2 is 1.85 bits per heavy atom. The van der Waals surface area contributed by atoms with E-state index in [0.717, 1.165) is 4.80 Å². The van der Waals surface area contributed by atoms with Crippen molar-refractivity contribution in [1.82, 2.24) is 36.0 Å². The van der Waals surface area contributed by atoms with Gasteiger partial charge in [-0.25, -0.2) is 0 Å².